The van der Waals surface area contributed by atoms with Crippen molar-refractivity contribution in [2.24, 2.45) is 0 Å². The van der Waals surface area contributed by atoms with Crippen LogP contribution in [0.5, 0.6) is 5.75 Å². The highest BCUT2D eigenvalue weighted by Gasteiger charge is 2.51. The Morgan fingerprint density at radius 3 is 2.07 bits per heavy atom. The summed E-state index contributed by atoms with van der Waals surface area (Å²) in [5, 5.41) is 0. The smallest absolute Gasteiger partial charge is 0.491 e. The molecule has 1 aromatic carbocycles. The van der Waals surface area contributed by atoms with Gasteiger partial charge in [-0.15, -0.1) is 0 Å². The van der Waals surface area contributed by atoms with Crippen LogP contribution >= 0.6 is 0 Å². The molecule has 6 nitrogen and oxygen atoms in total. The van der Waals surface area contributed by atoms with E-state index in [0.717, 1.165) is 11.2 Å². The van der Waals surface area contributed by atoms with E-state index in [2.05, 4.69) is 0 Å². The van der Waals surface area contributed by atoms with E-state index >= 15 is 0 Å². The fourth-order valence-electron chi connectivity index (χ4n) is 2.54. The van der Waals surface area contributed by atoms with Gasteiger partial charge in [-0.2, -0.15) is 0 Å². The molecule has 28 heavy (non-hydrogen) atoms. The monoisotopic (exact) mass is 391 g/mol. The summed E-state index contributed by atoms with van der Waals surface area (Å²) in [5.41, 5.74) is -0.303. The van der Waals surface area contributed by atoms with Gasteiger partial charge in [-0.1, -0.05) is 12.1 Å². The number of ether oxygens (including phenoxy) is 2. The zero-order valence-electron chi connectivity index (χ0n) is 18.7. The summed E-state index contributed by atoms with van der Waals surface area (Å²) in [4.78, 5) is 13.7. The summed E-state index contributed by atoms with van der Waals surface area (Å²) in [5.74, 6) is 0.727. The molecule has 7 heteroatoms. The summed E-state index contributed by atoms with van der Waals surface area (Å²) in [6, 6.07) is 7.54. The van der Waals surface area contributed by atoms with Crippen molar-refractivity contribution in [3.05, 3.63) is 24.3 Å². The lowest BCUT2D eigenvalue weighted by Crippen LogP contribution is -2.42. The Balaban J connectivity index is 1.90. The molecule has 1 amide bonds. The summed E-state index contributed by atoms with van der Waals surface area (Å²) in [7, 11) is 1.32. The number of rotatable bonds is 5. The van der Waals surface area contributed by atoms with Gasteiger partial charge in [0.15, 0.2) is 0 Å². The highest BCUT2D eigenvalue weighted by molar-refractivity contribution is 6.62. The third kappa shape index (κ3) is 5.42. The summed E-state index contributed by atoms with van der Waals surface area (Å²) in [6.45, 7) is 16.0. The lowest BCUT2D eigenvalue weighted by molar-refractivity contribution is 0.00578. The van der Waals surface area contributed by atoms with Gasteiger partial charge in [-0.05, 0) is 73.0 Å². The van der Waals surface area contributed by atoms with E-state index in [9.17, 15) is 4.79 Å². The Kier molecular flexibility index (Phi) is 6.41. The van der Waals surface area contributed by atoms with Crippen LogP contribution in [0.4, 0.5) is 4.79 Å². The van der Waals surface area contributed by atoms with E-state index in [1.54, 1.807) is 11.9 Å². The van der Waals surface area contributed by atoms with Gasteiger partial charge in [0.25, 0.3) is 0 Å². The second-order valence-corrected chi connectivity index (χ2v) is 9.41. The van der Waals surface area contributed by atoms with Crippen molar-refractivity contribution in [3.8, 4) is 5.75 Å². The fourth-order valence-corrected chi connectivity index (χ4v) is 2.54. The van der Waals surface area contributed by atoms with Crippen LogP contribution in [0.25, 0.3) is 0 Å². The molecule has 1 saturated heterocycles. The van der Waals surface area contributed by atoms with Crippen LogP contribution in [0.15, 0.2) is 24.3 Å². The first-order chi connectivity index (χ1) is 12.7. The van der Waals surface area contributed by atoms with Gasteiger partial charge in [0, 0.05) is 7.05 Å². The first-order valence-corrected chi connectivity index (χ1v) is 9.76. The molecular weight excluding hydrogens is 357 g/mol. The summed E-state index contributed by atoms with van der Waals surface area (Å²) < 4.78 is 23.3. The third-order valence-electron chi connectivity index (χ3n) is 5.24. The average Bonchev–Trinajstić information content (AvgIpc) is 2.78. The normalized spacial score (nSPS) is 19.2. The molecule has 2 rings (SSSR count). The van der Waals surface area contributed by atoms with Gasteiger partial charge < -0.3 is 23.7 Å². The average molecular weight is 391 g/mol. The second-order valence-electron chi connectivity index (χ2n) is 9.41. The van der Waals surface area contributed by atoms with Crippen molar-refractivity contribution in [2.45, 2.75) is 78.2 Å². The molecule has 1 aliphatic heterocycles. The minimum absolute atomic E-state index is 0.127. The molecule has 0 bridgehead atoms. The zero-order chi connectivity index (χ0) is 21.3. The number of nitrogens with zero attached hydrogens (tertiary/aromatic N) is 1. The number of carbonyl (C=O) groups excluding carboxylic acids is 1. The second kappa shape index (κ2) is 7.95. The van der Waals surface area contributed by atoms with Gasteiger partial charge in [-0.3, -0.25) is 0 Å². The van der Waals surface area contributed by atoms with Gasteiger partial charge in [0.1, 0.15) is 18.0 Å². The Morgan fingerprint density at radius 2 is 1.61 bits per heavy atom. The van der Waals surface area contributed by atoms with Crippen molar-refractivity contribution in [1.82, 2.24) is 4.90 Å². The molecule has 0 aliphatic carbocycles. The van der Waals surface area contributed by atoms with Gasteiger partial charge >= 0.3 is 13.2 Å². The van der Waals surface area contributed by atoms with Crippen LogP contribution in [0.2, 0.25) is 0 Å². The molecule has 0 saturated carbocycles. The van der Waals surface area contributed by atoms with Gasteiger partial charge in [0.05, 0.1) is 17.2 Å². The number of amides is 1. The van der Waals surface area contributed by atoms with Crippen LogP contribution in [-0.2, 0) is 14.0 Å². The first kappa shape index (κ1) is 22.6. The van der Waals surface area contributed by atoms with Crippen LogP contribution in [-0.4, -0.2) is 54.6 Å². The van der Waals surface area contributed by atoms with Crippen molar-refractivity contribution in [2.75, 3.05) is 13.7 Å². The third-order valence-corrected chi connectivity index (χ3v) is 5.24. The first-order valence-electron chi connectivity index (χ1n) is 9.76. The molecular formula is C21H34BNO5. The predicted octanol–water partition coefficient (Wildman–Crippen LogP) is 3.62. The number of benzene rings is 1. The molecule has 0 radical (unpaired) electrons. The molecule has 156 valence electrons. The maximum Gasteiger partial charge on any atom is 0.494 e. The standard InChI is InChI=1S/C21H34BNO5/c1-15(23(9)18(24)26-19(2,3)4)14-25-17-12-10-16(11-13-17)22-27-20(5,6)21(7,8)28-22/h10-13,15H,14H2,1-9H3. The topological polar surface area (TPSA) is 57.2 Å². The van der Waals surface area contributed by atoms with E-state index in [4.69, 9.17) is 18.8 Å². The highest BCUT2D eigenvalue weighted by atomic mass is 16.7. The maximum absolute atomic E-state index is 12.1. The van der Waals surface area contributed by atoms with Gasteiger partial charge in [0.2, 0.25) is 0 Å². The molecule has 1 heterocycles. The minimum Gasteiger partial charge on any atom is -0.491 e. The molecule has 1 fully saturated rings. The van der Waals surface area contributed by atoms with E-state index in [1.807, 2.05) is 79.7 Å². The number of likely N-dealkylation sites (N-methyl/N-ethyl adjacent to an activating group) is 1. The maximum atomic E-state index is 12.1. The SMILES string of the molecule is CC(COc1ccc(B2OC(C)(C)C(C)(C)O2)cc1)N(C)C(=O)OC(C)(C)C. The van der Waals surface area contributed by atoms with E-state index in [-0.39, 0.29) is 23.3 Å². The Labute approximate surface area is 169 Å². The van der Waals surface area contributed by atoms with Crippen LogP contribution in [0.3, 0.4) is 0 Å². The predicted molar refractivity (Wildman–Crippen MR) is 111 cm³/mol. The molecule has 1 atom stereocenters. The van der Waals surface area contributed by atoms with Crippen molar-refractivity contribution < 1.29 is 23.6 Å². The zero-order valence-corrected chi connectivity index (χ0v) is 18.7. The fraction of sp³-hybridized carbons (Fsp3) is 0.667. The van der Waals surface area contributed by atoms with Crippen molar-refractivity contribution in [3.63, 3.8) is 0 Å². The van der Waals surface area contributed by atoms with Crippen LogP contribution in [0, 0.1) is 0 Å². The Hall–Kier alpha value is -1.73. The number of hydrogen-bond donors (Lipinski definition) is 0. The number of carbonyl (C=O) groups is 1. The van der Waals surface area contributed by atoms with E-state index in [1.165, 1.54) is 0 Å². The lowest BCUT2D eigenvalue weighted by atomic mass is 9.79. The lowest BCUT2D eigenvalue weighted by Gasteiger charge is -2.32. The summed E-state index contributed by atoms with van der Waals surface area (Å²) >= 11 is 0. The van der Waals surface area contributed by atoms with Crippen LogP contribution < -0.4 is 10.2 Å². The molecule has 0 spiro atoms. The van der Waals surface area contributed by atoms with Gasteiger partial charge in [-0.25, -0.2) is 4.79 Å². The minimum atomic E-state index is -0.519. The molecule has 1 aliphatic rings. The molecule has 0 N–H and O–H groups in total. The summed E-state index contributed by atoms with van der Waals surface area (Å²) in [6.07, 6.45) is -0.361. The van der Waals surface area contributed by atoms with Crippen molar-refractivity contribution in [1.29, 1.82) is 0 Å². The molecule has 0 aromatic heterocycles. The Morgan fingerprint density at radius 1 is 1.11 bits per heavy atom. The highest BCUT2D eigenvalue weighted by Crippen LogP contribution is 2.36. The van der Waals surface area contributed by atoms with E-state index in [0.29, 0.717) is 6.61 Å². The van der Waals surface area contributed by atoms with E-state index < -0.39 is 12.7 Å². The Bertz CT molecular complexity index is 665. The molecule has 1 aromatic rings. The van der Waals surface area contributed by atoms with Crippen LogP contribution in [0.1, 0.15) is 55.4 Å². The largest absolute Gasteiger partial charge is 0.494 e. The number of hydrogen-bond acceptors (Lipinski definition) is 5. The van der Waals surface area contributed by atoms with Crippen molar-refractivity contribution >= 4 is 18.7 Å². The quantitative estimate of drug-likeness (QED) is 0.718. The molecule has 1 unspecified atom stereocenters.